The normalized spacial score (nSPS) is 14.2. The highest BCUT2D eigenvalue weighted by molar-refractivity contribution is 9.13. The molecule has 4 aromatic rings. The minimum atomic E-state index is -0.177. The molecule has 6 nitrogen and oxygen atoms in total. The predicted octanol–water partition coefficient (Wildman–Crippen LogP) is 9.14. The first-order valence-corrected chi connectivity index (χ1v) is 15.5. The van der Waals surface area contributed by atoms with Crippen LogP contribution in [0.1, 0.15) is 61.9 Å². The molecule has 0 radical (unpaired) electrons. The monoisotopic (exact) mass is 705 g/mol. The molecule has 1 heterocycles. The molecule has 0 spiro atoms. The van der Waals surface area contributed by atoms with Gasteiger partial charge in [0.15, 0.2) is 11.5 Å². The standard InChI is InChI=1S/C30H27Br2Cl2N3O3/c1-2-39-25-15-20(26(31)27(32)28(25)40-17-18-12-13-22(33)23(34)14-18)16-35-37-29(19-8-4-3-5-9-19)36-24-11-7-6-10-21(24)30(37)38/h6-7,10-16,19H,2-5,8-9,17H2,1H3. The Balaban J connectivity index is 1.52. The maximum atomic E-state index is 13.6. The van der Waals surface area contributed by atoms with Crippen LogP contribution >= 0.6 is 55.1 Å². The molecule has 1 saturated carbocycles. The number of para-hydroxylation sites is 1. The third-order valence-electron chi connectivity index (χ3n) is 6.88. The van der Waals surface area contributed by atoms with E-state index in [0.717, 1.165) is 31.2 Å². The first kappa shape index (κ1) is 29.1. The van der Waals surface area contributed by atoms with Gasteiger partial charge < -0.3 is 9.47 Å². The highest BCUT2D eigenvalue weighted by Gasteiger charge is 2.23. The summed E-state index contributed by atoms with van der Waals surface area (Å²) in [6.45, 7) is 2.61. The molecule has 5 rings (SSSR count). The summed E-state index contributed by atoms with van der Waals surface area (Å²) in [6.07, 6.45) is 7.10. The fourth-order valence-corrected chi connectivity index (χ4v) is 6.13. The first-order chi connectivity index (χ1) is 19.4. The molecule has 1 aliphatic carbocycles. The number of halogens is 4. The molecule has 0 aliphatic heterocycles. The number of hydrogen-bond donors (Lipinski definition) is 0. The van der Waals surface area contributed by atoms with Crippen LogP contribution in [-0.4, -0.2) is 22.5 Å². The molecule has 0 bridgehead atoms. The number of ether oxygens (including phenoxy) is 2. The van der Waals surface area contributed by atoms with Crippen LogP contribution in [0, 0.1) is 0 Å². The van der Waals surface area contributed by atoms with Gasteiger partial charge in [0.05, 0.1) is 38.2 Å². The van der Waals surface area contributed by atoms with E-state index >= 15 is 0 Å². The minimum absolute atomic E-state index is 0.177. The van der Waals surface area contributed by atoms with Gasteiger partial charge in [0.25, 0.3) is 5.56 Å². The Morgan fingerprint density at radius 2 is 1.80 bits per heavy atom. The van der Waals surface area contributed by atoms with Crippen molar-refractivity contribution in [2.24, 2.45) is 5.10 Å². The van der Waals surface area contributed by atoms with E-state index in [1.165, 1.54) is 11.1 Å². The lowest BCUT2D eigenvalue weighted by Gasteiger charge is -2.22. The lowest BCUT2D eigenvalue weighted by Crippen LogP contribution is -2.25. The second kappa shape index (κ2) is 13.1. The zero-order valence-electron chi connectivity index (χ0n) is 21.8. The van der Waals surface area contributed by atoms with E-state index < -0.39 is 0 Å². The smallest absolute Gasteiger partial charge is 0.282 e. The molecule has 0 saturated heterocycles. The highest BCUT2D eigenvalue weighted by Crippen LogP contribution is 2.43. The summed E-state index contributed by atoms with van der Waals surface area (Å²) in [5.41, 5.74) is 2.10. The fraction of sp³-hybridized carbons (Fsp3) is 0.300. The zero-order valence-corrected chi connectivity index (χ0v) is 26.5. The van der Waals surface area contributed by atoms with E-state index in [2.05, 4.69) is 37.0 Å². The molecule has 3 aromatic carbocycles. The molecular formula is C30H27Br2Cl2N3O3. The number of fused-ring (bicyclic) bond motifs is 1. The van der Waals surface area contributed by atoms with E-state index in [9.17, 15) is 4.79 Å². The van der Waals surface area contributed by atoms with Gasteiger partial charge in [-0.15, -0.1) is 0 Å². The summed E-state index contributed by atoms with van der Waals surface area (Å²) >= 11 is 19.6. The molecule has 1 aliphatic rings. The SMILES string of the molecule is CCOc1cc(C=Nn2c(C3CCCCC3)nc3ccccc3c2=O)c(Br)c(Br)c1OCc1ccc(Cl)c(Cl)c1. The summed E-state index contributed by atoms with van der Waals surface area (Å²) in [7, 11) is 0. The Bertz CT molecular complexity index is 1640. The van der Waals surface area contributed by atoms with Crippen molar-refractivity contribution in [3.05, 3.63) is 94.8 Å². The fourth-order valence-electron chi connectivity index (χ4n) is 4.88. The average molecular weight is 708 g/mol. The number of benzene rings is 3. The van der Waals surface area contributed by atoms with Gasteiger partial charge in [0, 0.05) is 16.0 Å². The third-order valence-corrected chi connectivity index (χ3v) is 9.77. The van der Waals surface area contributed by atoms with E-state index in [0.29, 0.717) is 59.4 Å². The summed E-state index contributed by atoms with van der Waals surface area (Å²) in [6, 6.07) is 14.6. The van der Waals surface area contributed by atoms with Gasteiger partial charge in [0.1, 0.15) is 12.4 Å². The Labute approximate surface area is 259 Å². The second-order valence-electron chi connectivity index (χ2n) is 9.57. The van der Waals surface area contributed by atoms with E-state index in [1.807, 2.05) is 37.3 Å². The Kier molecular flexibility index (Phi) is 9.51. The van der Waals surface area contributed by atoms with Crippen LogP contribution in [0.5, 0.6) is 11.5 Å². The van der Waals surface area contributed by atoms with Crippen LogP contribution in [0.4, 0.5) is 0 Å². The number of aromatic nitrogens is 2. The van der Waals surface area contributed by atoms with Gasteiger partial charge in [-0.3, -0.25) is 4.79 Å². The van der Waals surface area contributed by atoms with Crippen LogP contribution < -0.4 is 15.0 Å². The largest absolute Gasteiger partial charge is 0.490 e. The molecule has 0 atom stereocenters. The van der Waals surface area contributed by atoms with Crippen molar-refractivity contribution in [2.75, 3.05) is 6.61 Å². The topological polar surface area (TPSA) is 65.7 Å². The van der Waals surface area contributed by atoms with Crippen LogP contribution in [0.2, 0.25) is 10.0 Å². The quantitative estimate of drug-likeness (QED) is 0.171. The maximum Gasteiger partial charge on any atom is 0.282 e. The van der Waals surface area contributed by atoms with Crippen LogP contribution in [-0.2, 0) is 6.61 Å². The van der Waals surface area contributed by atoms with Gasteiger partial charge in [0.2, 0.25) is 0 Å². The molecule has 1 fully saturated rings. The van der Waals surface area contributed by atoms with Gasteiger partial charge in [-0.05, 0) is 87.5 Å². The minimum Gasteiger partial charge on any atom is -0.490 e. The van der Waals surface area contributed by atoms with Crippen molar-refractivity contribution in [2.45, 2.75) is 51.6 Å². The summed E-state index contributed by atoms with van der Waals surface area (Å²) in [5, 5.41) is 6.18. The number of rotatable bonds is 8. The Hall–Kier alpha value is -2.39. The summed E-state index contributed by atoms with van der Waals surface area (Å²) in [5.74, 6) is 1.97. The van der Waals surface area contributed by atoms with Crippen molar-refractivity contribution in [3.63, 3.8) is 0 Å². The van der Waals surface area contributed by atoms with Crippen molar-refractivity contribution in [1.29, 1.82) is 0 Å². The maximum absolute atomic E-state index is 13.6. The number of hydrogen-bond acceptors (Lipinski definition) is 5. The molecule has 40 heavy (non-hydrogen) atoms. The third kappa shape index (κ3) is 6.25. The summed E-state index contributed by atoms with van der Waals surface area (Å²) < 4.78 is 14.9. The predicted molar refractivity (Wildman–Crippen MR) is 169 cm³/mol. The molecule has 0 amide bonds. The molecule has 208 valence electrons. The van der Waals surface area contributed by atoms with Crippen LogP contribution in [0.15, 0.2) is 67.4 Å². The lowest BCUT2D eigenvalue weighted by molar-refractivity contribution is 0.267. The summed E-state index contributed by atoms with van der Waals surface area (Å²) in [4.78, 5) is 18.5. The van der Waals surface area contributed by atoms with Crippen LogP contribution in [0.3, 0.4) is 0 Å². The van der Waals surface area contributed by atoms with Gasteiger partial charge in [-0.25, -0.2) is 4.98 Å². The molecule has 0 unspecified atom stereocenters. The van der Waals surface area contributed by atoms with Crippen molar-refractivity contribution < 1.29 is 9.47 Å². The molecule has 0 N–H and O–H groups in total. The molecular weight excluding hydrogens is 681 g/mol. The Morgan fingerprint density at radius 1 is 1.02 bits per heavy atom. The van der Waals surface area contributed by atoms with E-state index in [-0.39, 0.29) is 18.1 Å². The van der Waals surface area contributed by atoms with Gasteiger partial charge >= 0.3 is 0 Å². The van der Waals surface area contributed by atoms with E-state index in [4.69, 9.17) is 37.7 Å². The van der Waals surface area contributed by atoms with Gasteiger partial charge in [-0.1, -0.05) is 60.7 Å². The van der Waals surface area contributed by atoms with E-state index in [1.54, 1.807) is 24.4 Å². The van der Waals surface area contributed by atoms with Crippen LogP contribution in [0.25, 0.3) is 10.9 Å². The number of nitrogens with zero attached hydrogens (tertiary/aromatic N) is 3. The van der Waals surface area contributed by atoms with Crippen molar-refractivity contribution in [3.8, 4) is 11.5 Å². The zero-order chi connectivity index (χ0) is 28.2. The first-order valence-electron chi connectivity index (χ1n) is 13.1. The average Bonchev–Trinajstić information content (AvgIpc) is 2.97. The van der Waals surface area contributed by atoms with Crippen molar-refractivity contribution >= 4 is 72.2 Å². The van der Waals surface area contributed by atoms with Gasteiger partial charge in [-0.2, -0.15) is 9.78 Å². The molecule has 1 aromatic heterocycles. The second-order valence-corrected chi connectivity index (χ2v) is 12.0. The molecule has 10 heteroatoms. The Morgan fingerprint density at radius 3 is 2.55 bits per heavy atom. The lowest BCUT2D eigenvalue weighted by atomic mass is 9.88. The van der Waals surface area contributed by atoms with Crippen molar-refractivity contribution in [1.82, 2.24) is 9.66 Å². The highest BCUT2D eigenvalue weighted by atomic mass is 79.9.